The molecule has 1 aliphatic rings. The van der Waals surface area contributed by atoms with E-state index >= 15 is 0 Å². The number of rotatable bonds is 6. The monoisotopic (exact) mass is 329 g/mol. The molecule has 2 rings (SSSR count). The maximum atomic E-state index is 6.29. The molecule has 3 nitrogen and oxygen atoms in total. The minimum Gasteiger partial charge on any atom is -0.369 e. The second-order valence-corrected chi connectivity index (χ2v) is 6.67. The number of halogens is 2. The van der Waals surface area contributed by atoms with Gasteiger partial charge in [-0.25, -0.2) is 4.98 Å². The van der Waals surface area contributed by atoms with Crippen LogP contribution in [0, 0.1) is 5.92 Å². The smallest absolute Gasteiger partial charge is 0.147 e. The number of aromatic nitrogens is 1. The van der Waals surface area contributed by atoms with Gasteiger partial charge in [-0.15, -0.1) is 0 Å². The summed E-state index contributed by atoms with van der Waals surface area (Å²) in [6.07, 6.45) is 7.30. The molecule has 0 aliphatic heterocycles. The Labute approximate surface area is 137 Å². The number of nitrogens with one attached hydrogen (secondary N) is 2. The van der Waals surface area contributed by atoms with Crippen molar-refractivity contribution in [2.24, 2.45) is 5.92 Å². The third-order valence-corrected chi connectivity index (χ3v) is 4.75. The van der Waals surface area contributed by atoms with Crippen molar-refractivity contribution in [2.45, 2.75) is 58.4 Å². The van der Waals surface area contributed by atoms with Crippen molar-refractivity contribution in [1.29, 1.82) is 0 Å². The standard InChI is InChI=1S/C16H25Cl2N3/c1-3-8-19-15-13(17)10-14(18)16(21-15)20-12-7-5-6-11(4-2)9-12/h10-12H,3-9H2,1-2H3,(H2,19,20,21). The van der Waals surface area contributed by atoms with Crippen molar-refractivity contribution in [3.63, 3.8) is 0 Å². The summed E-state index contributed by atoms with van der Waals surface area (Å²) in [5, 5.41) is 7.94. The van der Waals surface area contributed by atoms with Gasteiger partial charge < -0.3 is 10.6 Å². The summed E-state index contributed by atoms with van der Waals surface area (Å²) in [5.74, 6) is 2.29. The van der Waals surface area contributed by atoms with Crippen LogP contribution < -0.4 is 10.6 Å². The molecule has 1 aromatic heterocycles. The van der Waals surface area contributed by atoms with Crippen molar-refractivity contribution in [1.82, 2.24) is 4.98 Å². The average Bonchev–Trinajstić information content (AvgIpc) is 2.49. The van der Waals surface area contributed by atoms with Crippen LogP contribution in [0.15, 0.2) is 6.07 Å². The van der Waals surface area contributed by atoms with Crippen molar-refractivity contribution in [3.8, 4) is 0 Å². The van der Waals surface area contributed by atoms with Crippen LogP contribution in [-0.4, -0.2) is 17.6 Å². The Hall–Kier alpha value is -0.670. The van der Waals surface area contributed by atoms with Crippen LogP contribution in [0.2, 0.25) is 10.0 Å². The van der Waals surface area contributed by atoms with E-state index in [4.69, 9.17) is 23.2 Å². The zero-order valence-corrected chi connectivity index (χ0v) is 14.4. The van der Waals surface area contributed by atoms with E-state index in [2.05, 4.69) is 29.5 Å². The molecule has 21 heavy (non-hydrogen) atoms. The summed E-state index contributed by atoms with van der Waals surface area (Å²) in [6, 6.07) is 2.24. The lowest BCUT2D eigenvalue weighted by Gasteiger charge is -2.29. The molecule has 2 atom stereocenters. The lowest BCUT2D eigenvalue weighted by molar-refractivity contribution is 0.327. The maximum Gasteiger partial charge on any atom is 0.147 e. The Kier molecular flexibility index (Phi) is 6.43. The number of hydrogen-bond acceptors (Lipinski definition) is 3. The highest BCUT2D eigenvalue weighted by molar-refractivity contribution is 6.37. The Bertz CT molecular complexity index is 465. The molecule has 0 aromatic carbocycles. The summed E-state index contributed by atoms with van der Waals surface area (Å²) in [4.78, 5) is 4.57. The largest absolute Gasteiger partial charge is 0.369 e. The Balaban J connectivity index is 2.07. The molecule has 1 fully saturated rings. The van der Waals surface area contributed by atoms with E-state index in [-0.39, 0.29) is 0 Å². The van der Waals surface area contributed by atoms with Crippen molar-refractivity contribution in [2.75, 3.05) is 17.2 Å². The molecule has 0 saturated heterocycles. The van der Waals surface area contributed by atoms with Crippen LogP contribution in [0.1, 0.15) is 52.4 Å². The fourth-order valence-corrected chi connectivity index (χ4v) is 3.40. The first-order valence-electron chi connectivity index (χ1n) is 8.00. The van der Waals surface area contributed by atoms with Gasteiger partial charge in [-0.05, 0) is 31.2 Å². The maximum absolute atomic E-state index is 6.29. The summed E-state index contributed by atoms with van der Waals surface area (Å²) in [7, 11) is 0. The number of anilines is 2. The molecular weight excluding hydrogens is 305 g/mol. The van der Waals surface area contributed by atoms with Crippen LogP contribution in [0.25, 0.3) is 0 Å². The molecule has 5 heteroatoms. The fourth-order valence-electron chi connectivity index (χ4n) is 2.92. The van der Waals surface area contributed by atoms with Crippen LogP contribution >= 0.6 is 23.2 Å². The molecule has 1 heterocycles. The highest BCUT2D eigenvalue weighted by Crippen LogP contribution is 2.33. The second kappa shape index (κ2) is 8.09. The normalized spacial score (nSPS) is 22.1. The quantitative estimate of drug-likeness (QED) is 0.714. The summed E-state index contributed by atoms with van der Waals surface area (Å²) < 4.78 is 0. The third-order valence-electron chi connectivity index (χ3n) is 4.17. The molecule has 2 N–H and O–H groups in total. The first-order chi connectivity index (χ1) is 10.1. The van der Waals surface area contributed by atoms with Crippen LogP contribution in [-0.2, 0) is 0 Å². The first-order valence-corrected chi connectivity index (χ1v) is 8.76. The molecule has 1 aliphatic carbocycles. The minimum atomic E-state index is 0.467. The highest BCUT2D eigenvalue weighted by atomic mass is 35.5. The van der Waals surface area contributed by atoms with Gasteiger partial charge in [0, 0.05) is 12.6 Å². The third kappa shape index (κ3) is 4.65. The molecule has 1 saturated carbocycles. The van der Waals surface area contributed by atoms with E-state index in [1.165, 1.54) is 32.1 Å². The van der Waals surface area contributed by atoms with Gasteiger partial charge in [0.05, 0.1) is 10.0 Å². The molecule has 0 radical (unpaired) electrons. The van der Waals surface area contributed by atoms with E-state index in [9.17, 15) is 0 Å². The Morgan fingerprint density at radius 3 is 2.67 bits per heavy atom. The fraction of sp³-hybridized carbons (Fsp3) is 0.688. The van der Waals surface area contributed by atoms with Crippen LogP contribution in [0.5, 0.6) is 0 Å². The van der Waals surface area contributed by atoms with E-state index in [1.807, 2.05) is 0 Å². The topological polar surface area (TPSA) is 37.0 Å². The SMILES string of the molecule is CCCNc1nc(NC2CCCC(CC)C2)c(Cl)cc1Cl. The molecule has 118 valence electrons. The number of pyridine rings is 1. The zero-order valence-electron chi connectivity index (χ0n) is 12.9. The molecule has 2 unspecified atom stereocenters. The van der Waals surface area contributed by atoms with Gasteiger partial charge in [0.1, 0.15) is 11.6 Å². The van der Waals surface area contributed by atoms with Crippen LogP contribution in [0.4, 0.5) is 11.6 Å². The lowest BCUT2D eigenvalue weighted by Crippen LogP contribution is -2.27. The van der Waals surface area contributed by atoms with Gasteiger partial charge in [0.2, 0.25) is 0 Å². The Morgan fingerprint density at radius 1 is 1.19 bits per heavy atom. The van der Waals surface area contributed by atoms with Gasteiger partial charge in [0.25, 0.3) is 0 Å². The first kappa shape index (κ1) is 16.7. The Morgan fingerprint density at radius 2 is 1.95 bits per heavy atom. The van der Waals surface area contributed by atoms with Crippen molar-refractivity contribution < 1.29 is 0 Å². The highest BCUT2D eigenvalue weighted by Gasteiger charge is 2.22. The predicted octanol–water partition coefficient (Wildman–Crippen LogP) is 5.59. The van der Waals surface area contributed by atoms with Gasteiger partial charge in [-0.1, -0.05) is 56.3 Å². The van der Waals surface area contributed by atoms with Crippen molar-refractivity contribution in [3.05, 3.63) is 16.1 Å². The minimum absolute atomic E-state index is 0.467. The lowest BCUT2D eigenvalue weighted by atomic mass is 9.84. The number of nitrogens with zero attached hydrogens (tertiary/aromatic N) is 1. The molecular formula is C16H25Cl2N3. The van der Waals surface area contributed by atoms with E-state index in [1.54, 1.807) is 6.07 Å². The van der Waals surface area contributed by atoms with Gasteiger partial charge in [-0.2, -0.15) is 0 Å². The van der Waals surface area contributed by atoms with Gasteiger partial charge in [0.15, 0.2) is 0 Å². The predicted molar refractivity (Wildman–Crippen MR) is 92.7 cm³/mol. The molecule has 1 aromatic rings. The average molecular weight is 330 g/mol. The molecule has 0 bridgehead atoms. The van der Waals surface area contributed by atoms with E-state index in [0.29, 0.717) is 21.9 Å². The number of hydrogen-bond donors (Lipinski definition) is 2. The second-order valence-electron chi connectivity index (χ2n) is 5.86. The summed E-state index contributed by atoms with van der Waals surface area (Å²) in [6.45, 7) is 5.24. The van der Waals surface area contributed by atoms with Gasteiger partial charge >= 0.3 is 0 Å². The van der Waals surface area contributed by atoms with E-state index < -0.39 is 0 Å². The molecule has 0 spiro atoms. The van der Waals surface area contributed by atoms with E-state index in [0.717, 1.165) is 24.7 Å². The van der Waals surface area contributed by atoms with Crippen LogP contribution in [0.3, 0.4) is 0 Å². The van der Waals surface area contributed by atoms with Gasteiger partial charge in [-0.3, -0.25) is 0 Å². The molecule has 0 amide bonds. The van der Waals surface area contributed by atoms with Crippen molar-refractivity contribution >= 4 is 34.8 Å². The summed E-state index contributed by atoms with van der Waals surface area (Å²) in [5.41, 5.74) is 0. The zero-order chi connectivity index (χ0) is 15.2. The summed E-state index contributed by atoms with van der Waals surface area (Å²) >= 11 is 12.5.